The van der Waals surface area contributed by atoms with E-state index in [0.717, 1.165) is 32.8 Å². The highest BCUT2D eigenvalue weighted by molar-refractivity contribution is 5.47. The van der Waals surface area contributed by atoms with Crippen LogP contribution in [0.2, 0.25) is 0 Å². The molecule has 1 aromatic carbocycles. The van der Waals surface area contributed by atoms with Crippen molar-refractivity contribution in [1.29, 1.82) is 0 Å². The first kappa shape index (κ1) is 12.9. The molecule has 1 aromatic rings. The maximum absolute atomic E-state index is 5.42. The first-order valence-corrected chi connectivity index (χ1v) is 7.37. The fraction of sp³-hybridized carbons (Fsp3) is 0.625. The van der Waals surface area contributed by atoms with Gasteiger partial charge in [0.25, 0.3) is 0 Å². The monoisotopic (exact) mass is 260 g/mol. The summed E-state index contributed by atoms with van der Waals surface area (Å²) in [4.78, 5) is 2.61. The molecule has 0 radical (unpaired) electrons. The third-order valence-electron chi connectivity index (χ3n) is 4.29. The number of piperidine rings is 1. The first-order chi connectivity index (χ1) is 9.27. The van der Waals surface area contributed by atoms with Gasteiger partial charge in [-0.15, -0.1) is 0 Å². The Balaban J connectivity index is 1.78. The highest BCUT2D eigenvalue weighted by Gasteiger charge is 2.37. The number of para-hydroxylation sites is 1. The molecule has 3 nitrogen and oxygen atoms in total. The van der Waals surface area contributed by atoms with Crippen LogP contribution in [0.5, 0.6) is 0 Å². The number of rotatable bonds is 4. The fourth-order valence-corrected chi connectivity index (χ4v) is 3.12. The fourth-order valence-electron chi connectivity index (χ4n) is 3.12. The van der Waals surface area contributed by atoms with Gasteiger partial charge in [-0.05, 0) is 38.1 Å². The van der Waals surface area contributed by atoms with E-state index in [9.17, 15) is 0 Å². The van der Waals surface area contributed by atoms with Gasteiger partial charge in [0.1, 0.15) is 0 Å². The molecule has 0 amide bonds. The van der Waals surface area contributed by atoms with Crippen molar-refractivity contribution < 1.29 is 4.74 Å². The number of hydrogen-bond acceptors (Lipinski definition) is 3. The molecule has 2 saturated heterocycles. The minimum absolute atomic E-state index is 0.334. The third-order valence-corrected chi connectivity index (χ3v) is 4.29. The largest absolute Gasteiger partial charge is 0.380 e. The van der Waals surface area contributed by atoms with E-state index in [4.69, 9.17) is 4.74 Å². The van der Waals surface area contributed by atoms with Crippen LogP contribution in [0.15, 0.2) is 30.3 Å². The van der Waals surface area contributed by atoms with Gasteiger partial charge < -0.3 is 15.0 Å². The Morgan fingerprint density at radius 2 is 1.89 bits per heavy atom. The SMILES string of the molecule is CC1(CN(c2ccccc2)C2CCNCC2)COC1. The lowest BCUT2D eigenvalue weighted by atomic mass is 9.86. The molecule has 0 aliphatic carbocycles. The van der Waals surface area contributed by atoms with Crippen molar-refractivity contribution in [3.63, 3.8) is 0 Å². The Morgan fingerprint density at radius 1 is 1.21 bits per heavy atom. The molecule has 0 bridgehead atoms. The van der Waals surface area contributed by atoms with Crippen LogP contribution < -0.4 is 10.2 Å². The maximum atomic E-state index is 5.42. The summed E-state index contributed by atoms with van der Waals surface area (Å²) in [6.45, 7) is 7.54. The van der Waals surface area contributed by atoms with Gasteiger partial charge in [-0.25, -0.2) is 0 Å². The van der Waals surface area contributed by atoms with Gasteiger partial charge in [0.15, 0.2) is 0 Å². The number of anilines is 1. The predicted octanol–water partition coefficient (Wildman–Crippen LogP) is 2.28. The molecule has 104 valence electrons. The second kappa shape index (κ2) is 5.51. The van der Waals surface area contributed by atoms with E-state index in [-0.39, 0.29) is 0 Å². The van der Waals surface area contributed by atoms with Crippen LogP contribution in [0, 0.1) is 5.41 Å². The molecule has 0 atom stereocenters. The third kappa shape index (κ3) is 2.93. The standard InChI is InChI=1S/C16H24N2O/c1-16(12-19-13-16)11-18(14-5-3-2-4-6-14)15-7-9-17-10-8-15/h2-6,15,17H,7-13H2,1H3. The van der Waals surface area contributed by atoms with Crippen molar-refractivity contribution >= 4 is 5.69 Å². The summed E-state index contributed by atoms with van der Waals surface area (Å²) in [5.74, 6) is 0. The summed E-state index contributed by atoms with van der Waals surface area (Å²) >= 11 is 0. The highest BCUT2D eigenvalue weighted by Crippen LogP contribution is 2.32. The first-order valence-electron chi connectivity index (χ1n) is 7.37. The van der Waals surface area contributed by atoms with E-state index in [1.54, 1.807) is 0 Å². The van der Waals surface area contributed by atoms with Crippen molar-refractivity contribution in [3.8, 4) is 0 Å². The normalized spacial score (nSPS) is 22.8. The predicted molar refractivity (Wildman–Crippen MR) is 78.6 cm³/mol. The van der Waals surface area contributed by atoms with E-state index in [2.05, 4.69) is 47.5 Å². The van der Waals surface area contributed by atoms with Gasteiger partial charge in [-0.1, -0.05) is 25.1 Å². The Hall–Kier alpha value is -1.06. The number of ether oxygens (including phenoxy) is 1. The average molecular weight is 260 g/mol. The highest BCUT2D eigenvalue weighted by atomic mass is 16.5. The van der Waals surface area contributed by atoms with E-state index in [1.165, 1.54) is 18.5 Å². The molecular formula is C16H24N2O. The second-order valence-corrected chi connectivity index (χ2v) is 6.25. The van der Waals surface area contributed by atoms with Crippen LogP contribution in [0.1, 0.15) is 19.8 Å². The summed E-state index contributed by atoms with van der Waals surface area (Å²) in [5, 5.41) is 3.46. The van der Waals surface area contributed by atoms with Crippen molar-refractivity contribution in [2.45, 2.75) is 25.8 Å². The smallest absolute Gasteiger partial charge is 0.0559 e. The number of nitrogens with zero attached hydrogens (tertiary/aromatic N) is 1. The van der Waals surface area contributed by atoms with E-state index in [0.29, 0.717) is 11.5 Å². The molecule has 0 unspecified atom stereocenters. The zero-order chi connectivity index (χ0) is 13.1. The van der Waals surface area contributed by atoms with Crippen LogP contribution >= 0.6 is 0 Å². The van der Waals surface area contributed by atoms with Gasteiger partial charge in [-0.3, -0.25) is 0 Å². The summed E-state index contributed by atoms with van der Waals surface area (Å²) in [5.41, 5.74) is 1.70. The molecule has 2 aliphatic heterocycles. The van der Waals surface area contributed by atoms with Gasteiger partial charge in [0, 0.05) is 23.7 Å². The van der Waals surface area contributed by atoms with E-state index in [1.807, 2.05) is 0 Å². The lowest BCUT2D eigenvalue weighted by Gasteiger charge is -2.46. The number of hydrogen-bond donors (Lipinski definition) is 1. The minimum Gasteiger partial charge on any atom is -0.380 e. The van der Waals surface area contributed by atoms with Crippen LogP contribution in [-0.2, 0) is 4.74 Å². The van der Waals surface area contributed by atoms with Crippen LogP contribution in [0.4, 0.5) is 5.69 Å². The molecule has 1 N–H and O–H groups in total. The van der Waals surface area contributed by atoms with E-state index >= 15 is 0 Å². The molecule has 2 fully saturated rings. The van der Waals surface area contributed by atoms with Crippen LogP contribution in [-0.4, -0.2) is 38.9 Å². The topological polar surface area (TPSA) is 24.5 Å². The Labute approximate surface area is 115 Å². The molecule has 2 aliphatic rings. The van der Waals surface area contributed by atoms with Crippen molar-refractivity contribution in [3.05, 3.63) is 30.3 Å². The minimum atomic E-state index is 0.334. The Kier molecular flexibility index (Phi) is 3.76. The summed E-state index contributed by atoms with van der Waals surface area (Å²) < 4.78 is 5.42. The lowest BCUT2D eigenvalue weighted by molar-refractivity contribution is -0.0964. The summed E-state index contributed by atoms with van der Waals surface area (Å²) in [7, 11) is 0. The molecular weight excluding hydrogens is 236 g/mol. The molecule has 0 aromatic heterocycles. The van der Waals surface area contributed by atoms with Crippen LogP contribution in [0.25, 0.3) is 0 Å². The maximum Gasteiger partial charge on any atom is 0.0559 e. The average Bonchev–Trinajstić information content (AvgIpc) is 2.45. The quantitative estimate of drug-likeness (QED) is 0.899. The molecule has 0 spiro atoms. The Bertz CT molecular complexity index is 396. The Morgan fingerprint density at radius 3 is 2.47 bits per heavy atom. The van der Waals surface area contributed by atoms with Crippen LogP contribution in [0.3, 0.4) is 0 Å². The molecule has 0 saturated carbocycles. The van der Waals surface area contributed by atoms with Gasteiger partial charge >= 0.3 is 0 Å². The number of benzene rings is 1. The zero-order valence-electron chi connectivity index (χ0n) is 11.8. The molecule has 3 heteroatoms. The summed E-state index contributed by atoms with van der Waals surface area (Å²) in [6.07, 6.45) is 2.48. The lowest BCUT2D eigenvalue weighted by Crippen LogP contribution is -2.53. The van der Waals surface area contributed by atoms with E-state index < -0.39 is 0 Å². The zero-order valence-corrected chi connectivity index (χ0v) is 11.8. The molecule has 2 heterocycles. The van der Waals surface area contributed by atoms with Crippen molar-refractivity contribution in [2.75, 3.05) is 37.7 Å². The van der Waals surface area contributed by atoms with Gasteiger partial charge in [0.2, 0.25) is 0 Å². The van der Waals surface area contributed by atoms with Gasteiger partial charge in [-0.2, -0.15) is 0 Å². The number of nitrogens with one attached hydrogen (secondary N) is 1. The summed E-state index contributed by atoms with van der Waals surface area (Å²) in [6, 6.07) is 11.5. The molecule has 3 rings (SSSR count). The van der Waals surface area contributed by atoms with Crippen molar-refractivity contribution in [2.24, 2.45) is 5.41 Å². The molecule has 19 heavy (non-hydrogen) atoms. The van der Waals surface area contributed by atoms with Crippen molar-refractivity contribution in [1.82, 2.24) is 5.32 Å². The van der Waals surface area contributed by atoms with Gasteiger partial charge in [0.05, 0.1) is 13.2 Å². The second-order valence-electron chi connectivity index (χ2n) is 6.25.